The van der Waals surface area contributed by atoms with E-state index >= 15 is 0 Å². The number of esters is 2. The predicted molar refractivity (Wildman–Crippen MR) is 149 cm³/mol. The van der Waals surface area contributed by atoms with Crippen molar-refractivity contribution in [2.75, 3.05) is 13.2 Å². The summed E-state index contributed by atoms with van der Waals surface area (Å²) in [6.07, 6.45) is 22.4. The Morgan fingerprint density at radius 2 is 0.686 bits per heavy atom. The number of unbranched alkanes of at least 4 members (excludes halogenated alkanes) is 15. The Bertz CT molecular complexity index is 538. The van der Waals surface area contributed by atoms with Crippen LogP contribution < -0.4 is 0 Å². The van der Waals surface area contributed by atoms with Gasteiger partial charge < -0.3 is 9.47 Å². The molecule has 0 aromatic carbocycles. The maximum absolute atomic E-state index is 13.1. The average Bonchev–Trinajstić information content (AvgIpc) is 2.86. The summed E-state index contributed by atoms with van der Waals surface area (Å²) in [6.45, 7) is 9.65. The van der Waals surface area contributed by atoms with Crippen molar-refractivity contribution < 1.29 is 19.1 Å². The third-order valence-corrected chi connectivity index (χ3v) is 6.63. The second kappa shape index (κ2) is 25.8. The van der Waals surface area contributed by atoms with Gasteiger partial charge in [0, 0.05) is 11.1 Å². The van der Waals surface area contributed by atoms with Crippen LogP contribution in [0.3, 0.4) is 0 Å². The second-order valence-corrected chi connectivity index (χ2v) is 10.0. The third kappa shape index (κ3) is 19.5. The minimum Gasteiger partial charge on any atom is -0.462 e. The first kappa shape index (κ1) is 33.7. The second-order valence-electron chi connectivity index (χ2n) is 10.0. The van der Waals surface area contributed by atoms with E-state index < -0.39 is 0 Å². The van der Waals surface area contributed by atoms with Gasteiger partial charge in [-0.05, 0) is 38.5 Å². The third-order valence-electron chi connectivity index (χ3n) is 6.63. The van der Waals surface area contributed by atoms with Gasteiger partial charge in [-0.1, -0.05) is 124 Å². The number of hydrogen-bond acceptors (Lipinski definition) is 4. The van der Waals surface area contributed by atoms with Crippen LogP contribution in [-0.4, -0.2) is 25.2 Å². The molecule has 0 saturated heterocycles. The van der Waals surface area contributed by atoms with Gasteiger partial charge in [0.2, 0.25) is 0 Å². The summed E-state index contributed by atoms with van der Waals surface area (Å²) in [7, 11) is 0. The van der Waals surface area contributed by atoms with E-state index in [0.29, 0.717) is 37.2 Å². The summed E-state index contributed by atoms with van der Waals surface area (Å²) in [5.74, 6) is -0.588. The highest BCUT2D eigenvalue weighted by molar-refractivity contribution is 6.00. The molecule has 0 aromatic rings. The van der Waals surface area contributed by atoms with Gasteiger partial charge >= 0.3 is 11.9 Å². The van der Waals surface area contributed by atoms with E-state index in [1.165, 1.54) is 51.4 Å². The molecule has 35 heavy (non-hydrogen) atoms. The normalized spacial score (nSPS) is 11.9. The summed E-state index contributed by atoms with van der Waals surface area (Å²) < 4.78 is 11.4. The van der Waals surface area contributed by atoms with E-state index in [1.54, 1.807) is 0 Å². The molecule has 0 spiro atoms. The zero-order chi connectivity index (χ0) is 26.0. The molecule has 206 valence electrons. The molecule has 0 bridgehead atoms. The summed E-state index contributed by atoms with van der Waals surface area (Å²) in [5.41, 5.74) is 1.16. The average molecular weight is 495 g/mol. The molecule has 4 heteroatoms. The number of carbonyl (C=O) groups excluding carboxylic acids is 2. The van der Waals surface area contributed by atoms with Crippen LogP contribution in [0, 0.1) is 0 Å². The largest absolute Gasteiger partial charge is 0.462 e. The Labute approximate surface area is 218 Å². The minimum atomic E-state index is -0.295. The van der Waals surface area contributed by atoms with Gasteiger partial charge in [0.15, 0.2) is 0 Å². The van der Waals surface area contributed by atoms with Crippen LogP contribution >= 0.6 is 0 Å². The summed E-state index contributed by atoms with van der Waals surface area (Å²) in [4.78, 5) is 26.2. The highest BCUT2D eigenvalue weighted by atomic mass is 16.5. The Kier molecular flexibility index (Phi) is 24.8. The van der Waals surface area contributed by atoms with Crippen LogP contribution in [0.15, 0.2) is 11.1 Å². The molecular weight excluding hydrogens is 436 g/mol. The predicted octanol–water partition coefficient (Wildman–Crippen LogP) is 9.64. The van der Waals surface area contributed by atoms with Gasteiger partial charge in [0.05, 0.1) is 13.2 Å². The molecule has 0 radical (unpaired) electrons. The SMILES string of the molecule is CCCCCCCCOC(=O)/C(CCCCC)=C(/CCCCCC)C(=O)OCCCCCCCC. The molecule has 0 aliphatic heterocycles. The van der Waals surface area contributed by atoms with E-state index in [0.717, 1.165) is 70.6 Å². The monoisotopic (exact) mass is 494 g/mol. The van der Waals surface area contributed by atoms with E-state index in [-0.39, 0.29) is 11.9 Å². The first-order valence-electron chi connectivity index (χ1n) is 15.2. The van der Waals surface area contributed by atoms with Crippen LogP contribution in [0.1, 0.15) is 163 Å². The van der Waals surface area contributed by atoms with Gasteiger partial charge in [-0.2, -0.15) is 0 Å². The quantitative estimate of drug-likeness (QED) is 0.0720. The maximum Gasteiger partial charge on any atom is 0.334 e. The summed E-state index contributed by atoms with van der Waals surface area (Å²) in [5, 5.41) is 0. The smallest absolute Gasteiger partial charge is 0.334 e. The van der Waals surface area contributed by atoms with Crippen molar-refractivity contribution in [3.63, 3.8) is 0 Å². The Morgan fingerprint density at radius 3 is 1.09 bits per heavy atom. The highest BCUT2D eigenvalue weighted by Gasteiger charge is 2.23. The zero-order valence-corrected chi connectivity index (χ0v) is 23.9. The molecule has 0 fully saturated rings. The van der Waals surface area contributed by atoms with Crippen molar-refractivity contribution in [2.45, 2.75) is 163 Å². The Balaban J connectivity index is 5.10. The van der Waals surface area contributed by atoms with Gasteiger partial charge in [0.25, 0.3) is 0 Å². The van der Waals surface area contributed by atoms with Crippen molar-refractivity contribution >= 4 is 11.9 Å². The Morgan fingerprint density at radius 1 is 0.400 bits per heavy atom. The van der Waals surface area contributed by atoms with Crippen LogP contribution in [0.2, 0.25) is 0 Å². The molecular formula is C31H58O4. The molecule has 0 saturated carbocycles. The number of ether oxygens (including phenoxy) is 2. The van der Waals surface area contributed by atoms with Gasteiger partial charge in [-0.15, -0.1) is 0 Å². The molecule has 0 atom stereocenters. The molecule has 0 amide bonds. The van der Waals surface area contributed by atoms with E-state index in [4.69, 9.17) is 9.47 Å². The topological polar surface area (TPSA) is 52.6 Å². The lowest BCUT2D eigenvalue weighted by atomic mass is 9.96. The highest BCUT2D eigenvalue weighted by Crippen LogP contribution is 2.23. The Hall–Kier alpha value is -1.32. The van der Waals surface area contributed by atoms with Crippen LogP contribution in [0.4, 0.5) is 0 Å². The van der Waals surface area contributed by atoms with E-state index in [1.807, 2.05) is 0 Å². The van der Waals surface area contributed by atoms with Crippen molar-refractivity contribution in [1.29, 1.82) is 0 Å². The fraction of sp³-hybridized carbons (Fsp3) is 0.871. The standard InChI is InChI=1S/C31H58O4/c1-5-9-13-16-18-22-26-34-30(32)28(24-20-12-8-4)29(25-21-15-11-7-3)31(33)35-27-23-19-17-14-10-6-2/h5-27H2,1-4H3/b29-28-. The molecule has 0 rings (SSSR count). The molecule has 0 aliphatic rings. The minimum absolute atomic E-state index is 0.293. The molecule has 0 aliphatic carbocycles. The molecule has 0 unspecified atom stereocenters. The van der Waals surface area contributed by atoms with Crippen LogP contribution in [0.25, 0.3) is 0 Å². The fourth-order valence-corrected chi connectivity index (χ4v) is 4.30. The molecule has 0 heterocycles. The van der Waals surface area contributed by atoms with Crippen LogP contribution in [-0.2, 0) is 19.1 Å². The lowest BCUT2D eigenvalue weighted by Gasteiger charge is -2.15. The van der Waals surface area contributed by atoms with E-state index in [2.05, 4.69) is 27.7 Å². The maximum atomic E-state index is 13.1. The van der Waals surface area contributed by atoms with Gasteiger partial charge in [0.1, 0.15) is 0 Å². The van der Waals surface area contributed by atoms with Crippen molar-refractivity contribution in [2.24, 2.45) is 0 Å². The molecule has 4 nitrogen and oxygen atoms in total. The summed E-state index contributed by atoms with van der Waals surface area (Å²) in [6, 6.07) is 0. The van der Waals surface area contributed by atoms with Gasteiger partial charge in [-0.25, -0.2) is 9.59 Å². The van der Waals surface area contributed by atoms with Gasteiger partial charge in [-0.3, -0.25) is 0 Å². The lowest BCUT2D eigenvalue weighted by Crippen LogP contribution is -2.18. The number of hydrogen-bond donors (Lipinski definition) is 0. The van der Waals surface area contributed by atoms with E-state index in [9.17, 15) is 9.59 Å². The number of rotatable bonds is 25. The number of carbonyl (C=O) groups is 2. The first-order valence-corrected chi connectivity index (χ1v) is 15.2. The zero-order valence-electron chi connectivity index (χ0n) is 23.9. The van der Waals surface area contributed by atoms with Crippen molar-refractivity contribution in [1.82, 2.24) is 0 Å². The first-order chi connectivity index (χ1) is 17.1. The summed E-state index contributed by atoms with van der Waals surface area (Å²) >= 11 is 0. The lowest BCUT2D eigenvalue weighted by molar-refractivity contribution is -0.142. The molecule has 0 N–H and O–H groups in total. The van der Waals surface area contributed by atoms with Crippen molar-refractivity contribution in [3.05, 3.63) is 11.1 Å². The van der Waals surface area contributed by atoms with Crippen molar-refractivity contribution in [3.8, 4) is 0 Å². The fourth-order valence-electron chi connectivity index (χ4n) is 4.30. The molecule has 0 aromatic heterocycles. The van der Waals surface area contributed by atoms with Crippen LogP contribution in [0.5, 0.6) is 0 Å².